The molecule has 0 bridgehead atoms. The Labute approximate surface area is 156 Å². The molecule has 0 aliphatic carbocycles. The second-order valence-corrected chi connectivity index (χ2v) is 6.45. The molecule has 0 atom stereocenters. The lowest BCUT2D eigenvalue weighted by atomic mass is 10.3. The molecule has 27 heavy (non-hydrogen) atoms. The number of hydrogen-bond donors (Lipinski definition) is 0. The third-order valence-electron chi connectivity index (χ3n) is 4.46. The van der Waals surface area contributed by atoms with Gasteiger partial charge >= 0.3 is 0 Å². The Kier molecular flexibility index (Phi) is 4.66. The summed E-state index contributed by atoms with van der Waals surface area (Å²) in [5.41, 5.74) is 3.36. The maximum atomic E-state index is 13.5. The third kappa shape index (κ3) is 3.45. The van der Waals surface area contributed by atoms with E-state index in [1.807, 2.05) is 16.8 Å². The number of pyridine rings is 1. The van der Waals surface area contributed by atoms with Gasteiger partial charge in [0.1, 0.15) is 17.2 Å². The van der Waals surface area contributed by atoms with Crippen LogP contribution in [0.4, 0.5) is 4.39 Å². The van der Waals surface area contributed by atoms with Gasteiger partial charge in [0.15, 0.2) is 5.82 Å². The van der Waals surface area contributed by atoms with Crippen LogP contribution >= 0.6 is 0 Å². The lowest BCUT2D eigenvalue weighted by Gasteiger charge is -2.10. The average molecular weight is 364 g/mol. The van der Waals surface area contributed by atoms with Crippen molar-refractivity contribution in [1.29, 1.82) is 0 Å². The number of aromatic nitrogens is 6. The summed E-state index contributed by atoms with van der Waals surface area (Å²) in [6, 6.07) is 6.72. The lowest BCUT2D eigenvalue weighted by Crippen LogP contribution is -2.08. The molecule has 0 amide bonds. The van der Waals surface area contributed by atoms with E-state index in [1.165, 1.54) is 6.07 Å². The van der Waals surface area contributed by atoms with Crippen molar-refractivity contribution in [2.24, 2.45) is 0 Å². The molecule has 0 saturated heterocycles. The normalized spacial score (nSPS) is 11.4. The number of halogens is 1. The fourth-order valence-corrected chi connectivity index (χ4v) is 3.18. The van der Waals surface area contributed by atoms with Crippen LogP contribution in [0.2, 0.25) is 0 Å². The molecular weight excluding hydrogens is 343 g/mol. The molecule has 0 fully saturated rings. The predicted octanol–water partition coefficient (Wildman–Crippen LogP) is 3.69. The molecule has 4 heterocycles. The summed E-state index contributed by atoms with van der Waals surface area (Å²) >= 11 is 0. The number of imidazole rings is 2. The number of rotatable bonds is 6. The number of fused-ring (bicyclic) bond motifs is 1. The summed E-state index contributed by atoms with van der Waals surface area (Å²) in [6.07, 6.45) is 8.39. The Bertz CT molecular complexity index is 1080. The molecule has 0 aliphatic rings. The highest BCUT2D eigenvalue weighted by molar-refractivity contribution is 5.50. The Morgan fingerprint density at radius 3 is 2.74 bits per heavy atom. The lowest BCUT2D eigenvalue weighted by molar-refractivity contribution is 0.584. The Hall–Kier alpha value is -3.09. The van der Waals surface area contributed by atoms with Crippen molar-refractivity contribution >= 4 is 5.65 Å². The molecule has 0 saturated carbocycles. The first-order chi connectivity index (χ1) is 13.2. The second-order valence-electron chi connectivity index (χ2n) is 6.45. The van der Waals surface area contributed by atoms with Gasteiger partial charge in [0, 0.05) is 31.1 Å². The molecule has 4 aromatic rings. The van der Waals surface area contributed by atoms with Gasteiger partial charge in [0.25, 0.3) is 0 Å². The molecule has 4 aromatic heterocycles. The van der Waals surface area contributed by atoms with E-state index >= 15 is 0 Å². The van der Waals surface area contributed by atoms with Gasteiger partial charge in [-0.15, -0.1) is 0 Å². The van der Waals surface area contributed by atoms with Crippen LogP contribution in [0.5, 0.6) is 0 Å². The molecule has 6 nitrogen and oxygen atoms in total. The van der Waals surface area contributed by atoms with Gasteiger partial charge in [-0.25, -0.2) is 19.9 Å². The molecule has 0 aliphatic heterocycles. The zero-order chi connectivity index (χ0) is 18.8. The summed E-state index contributed by atoms with van der Waals surface area (Å²) in [7, 11) is 0. The largest absolute Gasteiger partial charge is 0.324 e. The second kappa shape index (κ2) is 7.26. The van der Waals surface area contributed by atoms with Gasteiger partial charge < -0.3 is 4.57 Å². The molecule has 4 rings (SSSR count). The van der Waals surface area contributed by atoms with E-state index in [0.717, 1.165) is 42.1 Å². The van der Waals surface area contributed by atoms with Crippen LogP contribution in [-0.4, -0.2) is 28.9 Å². The van der Waals surface area contributed by atoms with Crippen molar-refractivity contribution < 1.29 is 4.39 Å². The minimum Gasteiger partial charge on any atom is -0.324 e. The van der Waals surface area contributed by atoms with Crippen LogP contribution in [0.3, 0.4) is 0 Å². The Balaban J connectivity index is 1.73. The summed E-state index contributed by atoms with van der Waals surface area (Å²) in [6.45, 7) is 4.76. The molecular formula is C20H21FN6. The Morgan fingerprint density at radius 1 is 1.07 bits per heavy atom. The number of nitrogens with zero attached hydrogens (tertiary/aromatic N) is 6. The fraction of sp³-hybridized carbons (Fsp3) is 0.300. The molecule has 0 aromatic carbocycles. The highest BCUT2D eigenvalue weighted by Gasteiger charge is 2.12. The van der Waals surface area contributed by atoms with Crippen LogP contribution in [0.25, 0.3) is 17.2 Å². The van der Waals surface area contributed by atoms with Crippen molar-refractivity contribution in [2.75, 3.05) is 0 Å². The van der Waals surface area contributed by atoms with E-state index in [1.54, 1.807) is 18.3 Å². The van der Waals surface area contributed by atoms with Crippen LogP contribution in [0.15, 0.2) is 42.9 Å². The Morgan fingerprint density at radius 2 is 1.96 bits per heavy atom. The molecule has 0 unspecified atom stereocenters. The summed E-state index contributed by atoms with van der Waals surface area (Å²) in [5, 5.41) is 0. The van der Waals surface area contributed by atoms with E-state index < -0.39 is 5.95 Å². The average Bonchev–Trinajstić information content (AvgIpc) is 3.28. The SMILES string of the molecule is CCCc1nc(Cn2ccnc2-c2cccc(F)n2)cc2nc(CC)cn12. The molecule has 0 spiro atoms. The van der Waals surface area contributed by atoms with E-state index in [9.17, 15) is 4.39 Å². The zero-order valence-electron chi connectivity index (χ0n) is 15.4. The van der Waals surface area contributed by atoms with Gasteiger partial charge in [-0.05, 0) is 25.0 Å². The quantitative estimate of drug-likeness (QED) is 0.490. The van der Waals surface area contributed by atoms with Gasteiger partial charge in [-0.3, -0.25) is 4.40 Å². The third-order valence-corrected chi connectivity index (χ3v) is 4.46. The van der Waals surface area contributed by atoms with Crippen LogP contribution in [0.1, 0.15) is 37.5 Å². The monoisotopic (exact) mass is 364 g/mol. The standard InChI is InChI=1S/C20H21FN6/c1-3-6-18-24-15(11-19-23-14(4-2)13-27(18)19)12-26-10-9-22-20(26)16-7-5-8-17(21)25-16/h5,7-11,13H,3-4,6,12H2,1-2H3. The highest BCUT2D eigenvalue weighted by Crippen LogP contribution is 2.18. The molecule has 0 N–H and O–H groups in total. The fourth-order valence-electron chi connectivity index (χ4n) is 3.18. The first kappa shape index (κ1) is 17.3. The topological polar surface area (TPSA) is 60.9 Å². The van der Waals surface area contributed by atoms with Crippen molar-refractivity contribution in [3.63, 3.8) is 0 Å². The zero-order valence-corrected chi connectivity index (χ0v) is 15.4. The summed E-state index contributed by atoms with van der Waals surface area (Å²) in [4.78, 5) is 17.8. The molecule has 138 valence electrons. The van der Waals surface area contributed by atoms with E-state index in [2.05, 4.69) is 34.4 Å². The first-order valence-electron chi connectivity index (χ1n) is 9.18. The summed E-state index contributed by atoms with van der Waals surface area (Å²) < 4.78 is 17.5. The van der Waals surface area contributed by atoms with Crippen LogP contribution < -0.4 is 0 Å². The highest BCUT2D eigenvalue weighted by atomic mass is 19.1. The van der Waals surface area contributed by atoms with Gasteiger partial charge in [0.05, 0.1) is 17.9 Å². The maximum Gasteiger partial charge on any atom is 0.213 e. The molecule has 0 radical (unpaired) electrons. The number of hydrogen-bond acceptors (Lipinski definition) is 4. The van der Waals surface area contributed by atoms with Crippen molar-refractivity contribution in [3.05, 3.63) is 66.0 Å². The van der Waals surface area contributed by atoms with Crippen LogP contribution in [-0.2, 0) is 19.4 Å². The minimum absolute atomic E-state index is 0.504. The van der Waals surface area contributed by atoms with E-state index in [4.69, 9.17) is 9.97 Å². The number of aryl methyl sites for hydroxylation is 2. The minimum atomic E-state index is -0.517. The van der Waals surface area contributed by atoms with Crippen molar-refractivity contribution in [3.8, 4) is 11.5 Å². The van der Waals surface area contributed by atoms with Gasteiger partial charge in [-0.2, -0.15) is 4.39 Å². The van der Waals surface area contributed by atoms with Gasteiger partial charge in [0.2, 0.25) is 5.95 Å². The smallest absolute Gasteiger partial charge is 0.213 e. The van der Waals surface area contributed by atoms with E-state index in [-0.39, 0.29) is 0 Å². The van der Waals surface area contributed by atoms with Crippen molar-refractivity contribution in [1.82, 2.24) is 28.9 Å². The maximum absolute atomic E-state index is 13.5. The van der Waals surface area contributed by atoms with Gasteiger partial charge in [-0.1, -0.05) is 19.9 Å². The summed E-state index contributed by atoms with van der Waals surface area (Å²) in [5.74, 6) is 1.10. The first-order valence-corrected chi connectivity index (χ1v) is 9.18. The van der Waals surface area contributed by atoms with Crippen LogP contribution in [0, 0.1) is 5.95 Å². The van der Waals surface area contributed by atoms with E-state index in [0.29, 0.717) is 18.1 Å². The van der Waals surface area contributed by atoms with Crippen molar-refractivity contribution in [2.45, 2.75) is 39.7 Å². The predicted molar refractivity (Wildman–Crippen MR) is 101 cm³/mol. The molecule has 7 heteroatoms.